The molecule has 4 rings (SSSR count). The molecule has 0 saturated carbocycles. The number of sulfonamides is 1. The summed E-state index contributed by atoms with van der Waals surface area (Å²) in [5, 5.41) is 2.86. The molecule has 0 aliphatic carbocycles. The number of hydrogen-bond donors (Lipinski definition) is 1. The topological polar surface area (TPSA) is 92.5 Å². The van der Waals surface area contributed by atoms with Crippen LogP contribution in [0.25, 0.3) is 11.5 Å². The number of nitrogens with zero attached hydrogens (tertiary/aromatic N) is 2. The number of nitrogens with one attached hydrogen (secondary N) is 1. The van der Waals surface area contributed by atoms with Crippen LogP contribution in [0, 0.1) is 20.8 Å². The highest BCUT2D eigenvalue weighted by Gasteiger charge is 2.39. The lowest BCUT2D eigenvalue weighted by Crippen LogP contribution is -2.43. The second kappa shape index (κ2) is 8.28. The molecule has 0 spiro atoms. The lowest BCUT2D eigenvalue weighted by molar-refractivity contribution is -0.119. The number of hydrogen-bond acceptors (Lipinski definition) is 5. The van der Waals surface area contributed by atoms with E-state index in [9.17, 15) is 13.2 Å². The minimum absolute atomic E-state index is 0.203. The number of aromatic nitrogens is 1. The summed E-state index contributed by atoms with van der Waals surface area (Å²) in [6.07, 6.45) is 1.12. The fourth-order valence-electron chi connectivity index (χ4n) is 3.69. The summed E-state index contributed by atoms with van der Waals surface area (Å²) in [5.41, 5.74) is 3.10. The van der Waals surface area contributed by atoms with E-state index in [4.69, 9.17) is 4.42 Å². The van der Waals surface area contributed by atoms with Gasteiger partial charge in [0.2, 0.25) is 21.8 Å². The second-order valence-corrected chi connectivity index (χ2v) is 9.71. The van der Waals surface area contributed by atoms with Crippen molar-refractivity contribution in [2.24, 2.45) is 0 Å². The number of carbonyl (C=O) groups is 1. The van der Waals surface area contributed by atoms with E-state index in [0.717, 1.165) is 22.6 Å². The lowest BCUT2D eigenvalue weighted by Gasteiger charge is -2.23. The summed E-state index contributed by atoms with van der Waals surface area (Å²) in [7, 11) is -3.75. The maximum atomic E-state index is 13.1. The maximum Gasteiger partial charge on any atom is 0.243 e. The Labute approximate surface area is 182 Å². The fraction of sp³-hybridized carbons (Fsp3) is 0.304. The monoisotopic (exact) mass is 439 g/mol. The van der Waals surface area contributed by atoms with Crippen molar-refractivity contribution in [2.45, 2.75) is 44.6 Å². The number of amides is 1. The molecule has 31 heavy (non-hydrogen) atoms. The number of carbonyl (C=O) groups excluding carboxylic acids is 1. The fourth-order valence-corrected chi connectivity index (χ4v) is 5.34. The van der Waals surface area contributed by atoms with Gasteiger partial charge in [-0.1, -0.05) is 23.8 Å². The zero-order chi connectivity index (χ0) is 22.2. The predicted octanol–water partition coefficient (Wildman–Crippen LogP) is 4.06. The van der Waals surface area contributed by atoms with Gasteiger partial charge in [0.15, 0.2) is 0 Å². The first-order chi connectivity index (χ1) is 14.8. The van der Waals surface area contributed by atoms with Gasteiger partial charge in [0.25, 0.3) is 0 Å². The lowest BCUT2D eigenvalue weighted by atomic mass is 10.1. The Balaban J connectivity index is 1.54. The zero-order valence-electron chi connectivity index (χ0n) is 17.8. The largest absolute Gasteiger partial charge is 0.441 e. The van der Waals surface area contributed by atoms with Crippen LogP contribution in [-0.4, -0.2) is 36.2 Å². The van der Waals surface area contributed by atoms with Gasteiger partial charge in [-0.05, 0) is 63.9 Å². The first-order valence-corrected chi connectivity index (χ1v) is 11.6. The van der Waals surface area contributed by atoms with Gasteiger partial charge in [-0.3, -0.25) is 4.79 Å². The van der Waals surface area contributed by atoms with Gasteiger partial charge >= 0.3 is 0 Å². The molecule has 1 aromatic heterocycles. The van der Waals surface area contributed by atoms with Crippen LogP contribution in [0.2, 0.25) is 0 Å². The molecule has 1 saturated heterocycles. The van der Waals surface area contributed by atoms with Crippen molar-refractivity contribution in [2.75, 3.05) is 11.9 Å². The van der Waals surface area contributed by atoms with E-state index in [-0.39, 0.29) is 10.8 Å². The highest BCUT2D eigenvalue weighted by Crippen LogP contribution is 2.28. The third-order valence-electron chi connectivity index (χ3n) is 5.54. The van der Waals surface area contributed by atoms with E-state index in [1.165, 1.54) is 4.31 Å². The molecule has 1 atom stereocenters. The van der Waals surface area contributed by atoms with Gasteiger partial charge in [-0.25, -0.2) is 13.4 Å². The summed E-state index contributed by atoms with van der Waals surface area (Å²) in [5.74, 6) is 0.882. The highest BCUT2D eigenvalue weighted by atomic mass is 32.2. The third-order valence-corrected chi connectivity index (χ3v) is 7.46. The molecular weight excluding hydrogens is 414 g/mol. The smallest absolute Gasteiger partial charge is 0.243 e. The summed E-state index contributed by atoms with van der Waals surface area (Å²) < 4.78 is 33.2. The SMILES string of the molecule is Cc1ccc(S(=O)(=O)N2CCC[C@H]2C(=O)Nc2cccc(-c3nc(C)c(C)o3)c2)cc1. The quantitative estimate of drug-likeness (QED) is 0.647. The summed E-state index contributed by atoms with van der Waals surface area (Å²) >= 11 is 0. The number of rotatable bonds is 5. The van der Waals surface area contributed by atoms with Crippen LogP contribution >= 0.6 is 0 Å². The predicted molar refractivity (Wildman–Crippen MR) is 118 cm³/mol. The average Bonchev–Trinajstić information content (AvgIpc) is 3.36. The van der Waals surface area contributed by atoms with Crippen LogP contribution in [0.3, 0.4) is 0 Å². The molecule has 1 fully saturated rings. The molecule has 1 amide bonds. The van der Waals surface area contributed by atoms with Gasteiger partial charge in [-0.2, -0.15) is 4.31 Å². The molecule has 7 nitrogen and oxygen atoms in total. The molecule has 0 unspecified atom stereocenters. The number of benzene rings is 2. The molecule has 0 bridgehead atoms. The molecule has 8 heteroatoms. The van der Waals surface area contributed by atoms with E-state index in [1.807, 2.05) is 26.8 Å². The van der Waals surface area contributed by atoms with E-state index < -0.39 is 16.1 Å². The van der Waals surface area contributed by atoms with Crippen LogP contribution in [-0.2, 0) is 14.8 Å². The van der Waals surface area contributed by atoms with Crippen LogP contribution < -0.4 is 5.32 Å². The molecule has 1 aliphatic rings. The molecule has 0 radical (unpaired) electrons. The average molecular weight is 440 g/mol. The van der Waals surface area contributed by atoms with Gasteiger partial charge in [0.05, 0.1) is 10.6 Å². The summed E-state index contributed by atoms with van der Waals surface area (Å²) in [6.45, 7) is 5.94. The van der Waals surface area contributed by atoms with Crippen molar-refractivity contribution >= 4 is 21.6 Å². The number of oxazole rings is 1. The standard InChI is InChI=1S/C23H25N3O4S/c1-15-9-11-20(12-10-15)31(28,29)26-13-5-8-21(26)22(27)25-19-7-4-6-18(14-19)23-24-16(2)17(3)30-23/h4,6-7,9-12,14,21H,5,8,13H2,1-3H3,(H,25,27)/t21-/m0/s1. The normalized spacial score (nSPS) is 17.1. The highest BCUT2D eigenvalue weighted by molar-refractivity contribution is 7.89. The minimum atomic E-state index is -3.75. The second-order valence-electron chi connectivity index (χ2n) is 7.82. The van der Waals surface area contributed by atoms with Crippen molar-refractivity contribution in [3.63, 3.8) is 0 Å². The number of aryl methyl sites for hydroxylation is 3. The third kappa shape index (κ3) is 4.26. The molecular formula is C23H25N3O4S. The van der Waals surface area contributed by atoms with Crippen LogP contribution in [0.15, 0.2) is 57.8 Å². The van der Waals surface area contributed by atoms with Gasteiger partial charge < -0.3 is 9.73 Å². The molecule has 2 heterocycles. The van der Waals surface area contributed by atoms with Crippen LogP contribution in [0.1, 0.15) is 29.9 Å². The van der Waals surface area contributed by atoms with Crippen molar-refractivity contribution < 1.29 is 17.6 Å². The van der Waals surface area contributed by atoms with Crippen molar-refractivity contribution in [3.05, 3.63) is 65.5 Å². The summed E-state index contributed by atoms with van der Waals surface area (Å²) in [4.78, 5) is 17.6. The molecule has 1 N–H and O–H groups in total. The minimum Gasteiger partial charge on any atom is -0.441 e. The van der Waals surface area contributed by atoms with E-state index in [0.29, 0.717) is 31.0 Å². The Morgan fingerprint density at radius 1 is 1.13 bits per heavy atom. The molecule has 2 aromatic carbocycles. The Morgan fingerprint density at radius 3 is 2.55 bits per heavy atom. The van der Waals surface area contributed by atoms with Crippen molar-refractivity contribution in [1.29, 1.82) is 0 Å². The van der Waals surface area contributed by atoms with Crippen molar-refractivity contribution in [3.8, 4) is 11.5 Å². The van der Waals surface area contributed by atoms with Crippen LogP contribution in [0.4, 0.5) is 5.69 Å². The summed E-state index contributed by atoms with van der Waals surface area (Å²) in [6, 6.07) is 13.1. The van der Waals surface area contributed by atoms with Gasteiger partial charge in [0, 0.05) is 17.8 Å². The molecule has 1 aliphatic heterocycles. The zero-order valence-corrected chi connectivity index (χ0v) is 18.6. The molecule has 3 aromatic rings. The first kappa shape index (κ1) is 21.3. The Kier molecular flexibility index (Phi) is 5.68. The van der Waals surface area contributed by atoms with Crippen molar-refractivity contribution in [1.82, 2.24) is 9.29 Å². The van der Waals surface area contributed by atoms with E-state index in [1.54, 1.807) is 42.5 Å². The number of anilines is 1. The van der Waals surface area contributed by atoms with E-state index >= 15 is 0 Å². The van der Waals surface area contributed by atoms with Crippen LogP contribution in [0.5, 0.6) is 0 Å². The first-order valence-electron chi connectivity index (χ1n) is 10.2. The van der Waals surface area contributed by atoms with E-state index in [2.05, 4.69) is 10.3 Å². The Hall–Kier alpha value is -2.97. The maximum absolute atomic E-state index is 13.1. The Morgan fingerprint density at radius 2 is 1.87 bits per heavy atom. The van der Waals surface area contributed by atoms with Gasteiger partial charge in [-0.15, -0.1) is 0 Å². The molecule has 162 valence electrons. The van der Waals surface area contributed by atoms with Gasteiger partial charge in [0.1, 0.15) is 11.8 Å². The Bertz CT molecular complexity index is 1200.